The maximum Gasteiger partial charge on any atom is 0.259 e. The molecule has 7 heteroatoms. The first kappa shape index (κ1) is 20.5. The number of benzene rings is 2. The number of carbonyl (C=O) groups is 1. The summed E-state index contributed by atoms with van der Waals surface area (Å²) in [5.74, 6) is -0.122. The number of nitrogens with zero attached hydrogens (tertiary/aromatic N) is 1. The Morgan fingerprint density at radius 3 is 2.19 bits per heavy atom. The van der Waals surface area contributed by atoms with E-state index in [1.807, 2.05) is 13.8 Å². The van der Waals surface area contributed by atoms with Gasteiger partial charge in [-0.1, -0.05) is 32.0 Å². The van der Waals surface area contributed by atoms with Crippen LogP contribution in [0.5, 0.6) is 5.75 Å². The van der Waals surface area contributed by atoms with Crippen molar-refractivity contribution in [2.45, 2.75) is 36.1 Å². The Kier molecular flexibility index (Phi) is 6.24. The summed E-state index contributed by atoms with van der Waals surface area (Å²) >= 11 is 0. The summed E-state index contributed by atoms with van der Waals surface area (Å²) in [6.07, 6.45) is 0. The van der Waals surface area contributed by atoms with Crippen LogP contribution in [-0.4, -0.2) is 26.5 Å². The van der Waals surface area contributed by atoms with Gasteiger partial charge in [0, 0.05) is 0 Å². The highest BCUT2D eigenvalue weighted by Crippen LogP contribution is 2.23. The lowest BCUT2D eigenvalue weighted by atomic mass is 9.90. The van der Waals surface area contributed by atoms with E-state index in [1.54, 1.807) is 25.1 Å². The Morgan fingerprint density at radius 1 is 1.11 bits per heavy atom. The Balaban J connectivity index is 2.03. The van der Waals surface area contributed by atoms with Crippen molar-refractivity contribution >= 4 is 15.7 Å². The summed E-state index contributed by atoms with van der Waals surface area (Å²) < 4.78 is 30.5. The Labute approximate surface area is 159 Å². The molecule has 1 amide bonds. The van der Waals surface area contributed by atoms with Crippen molar-refractivity contribution in [1.82, 2.24) is 5.32 Å². The SMILES string of the molecule is CC(C)C(C)(C#N)NC(=O)COc1ccc(S(=O)(=O)c2ccccc2)cc1. The molecule has 1 unspecified atom stereocenters. The molecule has 0 saturated heterocycles. The molecule has 142 valence electrons. The molecule has 0 aliphatic carbocycles. The highest BCUT2D eigenvalue weighted by molar-refractivity contribution is 7.91. The lowest BCUT2D eigenvalue weighted by molar-refractivity contribution is -0.124. The molecule has 0 bridgehead atoms. The fourth-order valence-corrected chi connectivity index (χ4v) is 3.51. The molecule has 0 aliphatic heterocycles. The van der Waals surface area contributed by atoms with Crippen LogP contribution in [0.3, 0.4) is 0 Å². The van der Waals surface area contributed by atoms with Gasteiger partial charge in [0.15, 0.2) is 6.61 Å². The summed E-state index contributed by atoms with van der Waals surface area (Å²) in [6, 6.07) is 16.1. The highest BCUT2D eigenvalue weighted by atomic mass is 32.2. The molecule has 0 aromatic heterocycles. The van der Waals surface area contributed by atoms with Gasteiger partial charge < -0.3 is 10.1 Å². The first-order valence-corrected chi connectivity index (χ1v) is 9.92. The van der Waals surface area contributed by atoms with E-state index in [1.165, 1.54) is 36.4 Å². The molecule has 0 fully saturated rings. The molecule has 6 nitrogen and oxygen atoms in total. The van der Waals surface area contributed by atoms with Gasteiger partial charge in [-0.3, -0.25) is 4.79 Å². The van der Waals surface area contributed by atoms with E-state index >= 15 is 0 Å². The summed E-state index contributed by atoms with van der Waals surface area (Å²) in [6.45, 7) is 5.07. The minimum absolute atomic E-state index is 0.0612. The van der Waals surface area contributed by atoms with Crippen LogP contribution in [-0.2, 0) is 14.6 Å². The third kappa shape index (κ3) is 4.86. The third-order valence-electron chi connectivity index (χ3n) is 4.34. The van der Waals surface area contributed by atoms with Crippen molar-refractivity contribution in [3.63, 3.8) is 0 Å². The monoisotopic (exact) mass is 386 g/mol. The molecule has 0 aliphatic rings. The topological polar surface area (TPSA) is 96.3 Å². The van der Waals surface area contributed by atoms with Crippen LogP contribution in [0.2, 0.25) is 0 Å². The standard InChI is InChI=1S/C20H22N2O4S/c1-15(2)20(3,14-21)22-19(23)13-26-16-9-11-18(12-10-16)27(24,25)17-7-5-4-6-8-17/h4-12,15H,13H2,1-3H3,(H,22,23). The quantitative estimate of drug-likeness (QED) is 0.789. The number of nitrogens with one attached hydrogen (secondary N) is 1. The summed E-state index contributed by atoms with van der Waals surface area (Å²) in [5.41, 5.74) is -0.978. The maximum atomic E-state index is 12.5. The molecule has 1 N–H and O–H groups in total. The third-order valence-corrected chi connectivity index (χ3v) is 6.13. The number of nitriles is 1. The van der Waals surface area contributed by atoms with Crippen LogP contribution in [0.25, 0.3) is 0 Å². The van der Waals surface area contributed by atoms with Crippen molar-refractivity contribution < 1.29 is 17.9 Å². The molecule has 1 atom stereocenters. The van der Waals surface area contributed by atoms with Crippen LogP contribution < -0.4 is 10.1 Å². The molecule has 2 aromatic rings. The molecule has 0 heterocycles. The summed E-state index contributed by atoms with van der Waals surface area (Å²) in [4.78, 5) is 12.4. The zero-order chi connectivity index (χ0) is 20.1. The Morgan fingerprint density at radius 2 is 1.67 bits per heavy atom. The van der Waals surface area contributed by atoms with Crippen molar-refractivity contribution in [3.8, 4) is 11.8 Å². The van der Waals surface area contributed by atoms with Gasteiger partial charge in [-0.05, 0) is 49.2 Å². The zero-order valence-corrected chi connectivity index (χ0v) is 16.3. The van der Waals surface area contributed by atoms with Crippen molar-refractivity contribution in [3.05, 3.63) is 54.6 Å². The van der Waals surface area contributed by atoms with E-state index < -0.39 is 21.3 Å². The second-order valence-electron chi connectivity index (χ2n) is 6.59. The van der Waals surface area contributed by atoms with Crippen LogP contribution >= 0.6 is 0 Å². The van der Waals surface area contributed by atoms with Crippen LogP contribution in [0.1, 0.15) is 20.8 Å². The van der Waals surface area contributed by atoms with Gasteiger partial charge in [-0.2, -0.15) is 5.26 Å². The molecule has 27 heavy (non-hydrogen) atoms. The largest absolute Gasteiger partial charge is 0.484 e. The van der Waals surface area contributed by atoms with Gasteiger partial charge in [-0.25, -0.2) is 8.42 Å². The number of hydrogen-bond donors (Lipinski definition) is 1. The van der Waals surface area contributed by atoms with Crippen LogP contribution in [0, 0.1) is 17.2 Å². The predicted molar refractivity (Wildman–Crippen MR) is 101 cm³/mol. The first-order chi connectivity index (χ1) is 12.7. The van der Waals surface area contributed by atoms with Crippen molar-refractivity contribution in [2.24, 2.45) is 5.92 Å². The Hall–Kier alpha value is -2.85. The molecular formula is C20H22N2O4S. The number of sulfone groups is 1. The van der Waals surface area contributed by atoms with E-state index in [0.717, 1.165) is 0 Å². The van der Waals surface area contributed by atoms with Crippen LogP contribution in [0.4, 0.5) is 0 Å². The second kappa shape index (κ2) is 8.23. The van der Waals surface area contributed by atoms with Gasteiger partial charge in [0.2, 0.25) is 9.84 Å². The van der Waals surface area contributed by atoms with E-state index in [2.05, 4.69) is 11.4 Å². The normalized spacial score (nSPS) is 13.4. The zero-order valence-electron chi connectivity index (χ0n) is 15.5. The van der Waals surface area contributed by atoms with Crippen molar-refractivity contribution in [2.75, 3.05) is 6.61 Å². The average Bonchev–Trinajstić information content (AvgIpc) is 2.67. The van der Waals surface area contributed by atoms with Gasteiger partial charge in [0.1, 0.15) is 11.3 Å². The number of hydrogen-bond acceptors (Lipinski definition) is 5. The molecule has 2 aromatic carbocycles. The molecule has 0 radical (unpaired) electrons. The fourth-order valence-electron chi connectivity index (χ4n) is 2.23. The van der Waals surface area contributed by atoms with Gasteiger partial charge in [0.05, 0.1) is 15.9 Å². The maximum absolute atomic E-state index is 12.5. The lowest BCUT2D eigenvalue weighted by Gasteiger charge is -2.27. The summed E-state index contributed by atoms with van der Waals surface area (Å²) in [5, 5.41) is 11.9. The minimum Gasteiger partial charge on any atom is -0.484 e. The van der Waals surface area contributed by atoms with E-state index in [9.17, 15) is 18.5 Å². The van der Waals surface area contributed by atoms with Gasteiger partial charge in [0.25, 0.3) is 5.91 Å². The molecule has 0 spiro atoms. The molecular weight excluding hydrogens is 364 g/mol. The van der Waals surface area contributed by atoms with E-state index in [0.29, 0.717) is 5.75 Å². The smallest absolute Gasteiger partial charge is 0.259 e. The van der Waals surface area contributed by atoms with E-state index in [-0.39, 0.29) is 22.3 Å². The number of amides is 1. The highest BCUT2D eigenvalue weighted by Gasteiger charge is 2.30. The fraction of sp³-hybridized carbons (Fsp3) is 0.300. The molecule has 2 rings (SSSR count). The second-order valence-corrected chi connectivity index (χ2v) is 8.54. The summed E-state index contributed by atoms with van der Waals surface area (Å²) in [7, 11) is -3.59. The predicted octanol–water partition coefficient (Wildman–Crippen LogP) is 2.95. The van der Waals surface area contributed by atoms with Gasteiger partial charge in [-0.15, -0.1) is 0 Å². The van der Waals surface area contributed by atoms with Crippen molar-refractivity contribution in [1.29, 1.82) is 5.26 Å². The lowest BCUT2D eigenvalue weighted by Crippen LogP contribution is -2.50. The average molecular weight is 386 g/mol. The number of rotatable bonds is 7. The first-order valence-electron chi connectivity index (χ1n) is 8.44. The van der Waals surface area contributed by atoms with Gasteiger partial charge >= 0.3 is 0 Å². The van der Waals surface area contributed by atoms with Crippen LogP contribution in [0.15, 0.2) is 64.4 Å². The minimum atomic E-state index is -3.59. The number of carbonyl (C=O) groups excluding carboxylic acids is 1. The number of ether oxygens (including phenoxy) is 1. The Bertz CT molecular complexity index is 932. The van der Waals surface area contributed by atoms with E-state index in [4.69, 9.17) is 4.74 Å². The molecule has 0 saturated carbocycles.